The van der Waals surface area contributed by atoms with E-state index in [1.54, 1.807) is 24.3 Å². The van der Waals surface area contributed by atoms with Crippen LogP contribution >= 0.6 is 0 Å². The van der Waals surface area contributed by atoms with Crippen molar-refractivity contribution in [1.29, 1.82) is 0 Å². The summed E-state index contributed by atoms with van der Waals surface area (Å²) in [6, 6.07) is 6.89. The number of nitrogens with zero attached hydrogens (tertiary/aromatic N) is 1. The molecule has 0 aliphatic rings. The lowest BCUT2D eigenvalue weighted by molar-refractivity contribution is -0.116. The second-order valence-corrected chi connectivity index (χ2v) is 6.36. The van der Waals surface area contributed by atoms with E-state index in [9.17, 15) is 13.2 Å². The van der Waals surface area contributed by atoms with Gasteiger partial charge in [-0.25, -0.2) is 8.42 Å². The van der Waals surface area contributed by atoms with E-state index in [4.69, 9.17) is 4.74 Å². The van der Waals surface area contributed by atoms with Crippen LogP contribution in [0.1, 0.15) is 13.3 Å². The third-order valence-electron chi connectivity index (χ3n) is 2.62. The zero-order chi connectivity index (χ0) is 15.2. The summed E-state index contributed by atoms with van der Waals surface area (Å²) in [5.41, 5.74) is 0.569. The molecule has 0 saturated heterocycles. The molecule has 0 aromatic heterocycles. The molecule has 0 radical (unpaired) electrons. The molecule has 20 heavy (non-hydrogen) atoms. The maximum Gasteiger partial charge on any atom is 0.239 e. The molecule has 1 aromatic rings. The second kappa shape index (κ2) is 7.25. The average Bonchev–Trinajstić information content (AvgIpc) is 2.37. The van der Waals surface area contributed by atoms with Crippen LogP contribution in [0.15, 0.2) is 24.3 Å². The standard InChI is InChI=1S/C13H20N2O4S/c1-4-8-15(20(3,17)18)10-13(16)14-11-6-5-7-12(9-11)19-2/h5-7,9H,4,8,10H2,1-3H3,(H,14,16). The number of amides is 1. The number of benzene rings is 1. The van der Waals surface area contributed by atoms with Crippen LogP contribution in [0.5, 0.6) is 5.75 Å². The SMILES string of the molecule is CCCN(CC(=O)Nc1cccc(OC)c1)S(C)(=O)=O. The highest BCUT2D eigenvalue weighted by atomic mass is 32.2. The summed E-state index contributed by atoms with van der Waals surface area (Å²) < 4.78 is 29.3. The van der Waals surface area contributed by atoms with Gasteiger partial charge in [0.15, 0.2) is 0 Å². The maximum absolute atomic E-state index is 11.9. The van der Waals surface area contributed by atoms with Crippen molar-refractivity contribution in [3.05, 3.63) is 24.3 Å². The first-order chi connectivity index (χ1) is 9.36. The van der Waals surface area contributed by atoms with E-state index in [2.05, 4.69) is 5.32 Å². The predicted octanol–water partition coefficient (Wildman–Crippen LogP) is 1.31. The molecule has 0 saturated carbocycles. The number of carbonyl (C=O) groups is 1. The molecule has 6 nitrogen and oxygen atoms in total. The average molecular weight is 300 g/mol. The molecule has 0 spiro atoms. The molecule has 1 rings (SSSR count). The zero-order valence-electron chi connectivity index (χ0n) is 11.9. The molecule has 0 unspecified atom stereocenters. The van der Waals surface area contributed by atoms with Gasteiger partial charge in [-0.1, -0.05) is 13.0 Å². The van der Waals surface area contributed by atoms with E-state index < -0.39 is 10.0 Å². The first kappa shape index (κ1) is 16.5. The summed E-state index contributed by atoms with van der Waals surface area (Å²) in [6.07, 6.45) is 1.75. The zero-order valence-corrected chi connectivity index (χ0v) is 12.7. The van der Waals surface area contributed by atoms with Crippen LogP contribution in [0.25, 0.3) is 0 Å². The fraction of sp³-hybridized carbons (Fsp3) is 0.462. The van der Waals surface area contributed by atoms with E-state index in [0.29, 0.717) is 24.4 Å². The van der Waals surface area contributed by atoms with Gasteiger partial charge in [-0.05, 0) is 18.6 Å². The Kier molecular flexibility index (Phi) is 5.97. The fourth-order valence-corrected chi connectivity index (χ4v) is 2.54. The number of anilines is 1. The van der Waals surface area contributed by atoms with Crippen molar-refractivity contribution in [1.82, 2.24) is 4.31 Å². The predicted molar refractivity (Wildman–Crippen MR) is 78.3 cm³/mol. The molecule has 0 fully saturated rings. The minimum atomic E-state index is -3.38. The molecule has 0 bridgehead atoms. The summed E-state index contributed by atoms with van der Waals surface area (Å²) in [5, 5.41) is 2.65. The van der Waals surface area contributed by atoms with Crippen LogP contribution in [0, 0.1) is 0 Å². The molecule has 0 aliphatic carbocycles. The molecule has 7 heteroatoms. The molecule has 0 aliphatic heterocycles. The first-order valence-electron chi connectivity index (χ1n) is 6.26. The van der Waals surface area contributed by atoms with E-state index >= 15 is 0 Å². The number of hydrogen-bond donors (Lipinski definition) is 1. The van der Waals surface area contributed by atoms with Gasteiger partial charge in [-0.2, -0.15) is 4.31 Å². The largest absolute Gasteiger partial charge is 0.497 e. The highest BCUT2D eigenvalue weighted by Crippen LogP contribution is 2.16. The molecule has 0 heterocycles. The van der Waals surface area contributed by atoms with Crippen LogP contribution in [0.2, 0.25) is 0 Å². The van der Waals surface area contributed by atoms with Crippen molar-refractivity contribution in [2.24, 2.45) is 0 Å². The number of nitrogens with one attached hydrogen (secondary N) is 1. The highest BCUT2D eigenvalue weighted by molar-refractivity contribution is 7.88. The van der Waals surface area contributed by atoms with E-state index in [-0.39, 0.29) is 12.5 Å². The number of sulfonamides is 1. The van der Waals surface area contributed by atoms with Gasteiger partial charge in [0.1, 0.15) is 5.75 Å². The third kappa shape index (κ3) is 5.18. The second-order valence-electron chi connectivity index (χ2n) is 4.38. The Bertz CT molecular complexity index is 557. The normalized spacial score (nSPS) is 11.4. The number of carbonyl (C=O) groups excluding carboxylic acids is 1. The van der Waals surface area contributed by atoms with Crippen molar-refractivity contribution in [2.75, 3.05) is 31.8 Å². The summed E-state index contributed by atoms with van der Waals surface area (Å²) in [4.78, 5) is 11.9. The Morgan fingerprint density at radius 2 is 2.10 bits per heavy atom. The van der Waals surface area contributed by atoms with Crippen molar-refractivity contribution in [3.8, 4) is 5.75 Å². The number of hydrogen-bond acceptors (Lipinski definition) is 4. The number of ether oxygens (including phenoxy) is 1. The van der Waals surface area contributed by atoms with Crippen LogP contribution in [-0.2, 0) is 14.8 Å². The van der Waals surface area contributed by atoms with Gasteiger partial charge in [-0.3, -0.25) is 4.79 Å². The monoisotopic (exact) mass is 300 g/mol. The Hall–Kier alpha value is -1.60. The van der Waals surface area contributed by atoms with E-state index in [1.165, 1.54) is 7.11 Å². The van der Waals surface area contributed by atoms with Crippen molar-refractivity contribution >= 4 is 21.6 Å². The van der Waals surface area contributed by atoms with Gasteiger partial charge in [0.25, 0.3) is 0 Å². The minimum absolute atomic E-state index is 0.191. The third-order valence-corrected chi connectivity index (χ3v) is 3.87. The minimum Gasteiger partial charge on any atom is -0.497 e. The van der Waals surface area contributed by atoms with Crippen molar-refractivity contribution in [2.45, 2.75) is 13.3 Å². The molecule has 1 N–H and O–H groups in total. The molecule has 1 aromatic carbocycles. The summed E-state index contributed by atoms with van der Waals surface area (Å²) in [5.74, 6) is 0.244. The van der Waals surface area contributed by atoms with Crippen LogP contribution in [0.4, 0.5) is 5.69 Å². The summed E-state index contributed by atoms with van der Waals surface area (Å²) >= 11 is 0. The summed E-state index contributed by atoms with van der Waals surface area (Å²) in [6.45, 7) is 1.99. The molecule has 112 valence electrons. The molecule has 1 amide bonds. The van der Waals surface area contributed by atoms with Gasteiger partial charge < -0.3 is 10.1 Å². The summed E-state index contributed by atoms with van der Waals surface area (Å²) in [7, 11) is -1.84. The quantitative estimate of drug-likeness (QED) is 0.823. The molecule has 0 atom stereocenters. The van der Waals surface area contributed by atoms with E-state index in [1.807, 2.05) is 6.92 Å². The van der Waals surface area contributed by atoms with Gasteiger partial charge >= 0.3 is 0 Å². The van der Waals surface area contributed by atoms with Gasteiger partial charge in [0.05, 0.1) is 19.9 Å². The van der Waals surface area contributed by atoms with Crippen LogP contribution < -0.4 is 10.1 Å². The highest BCUT2D eigenvalue weighted by Gasteiger charge is 2.19. The Morgan fingerprint density at radius 1 is 1.40 bits per heavy atom. The number of rotatable bonds is 7. The molecular formula is C13H20N2O4S. The first-order valence-corrected chi connectivity index (χ1v) is 8.10. The maximum atomic E-state index is 11.9. The topological polar surface area (TPSA) is 75.7 Å². The fourth-order valence-electron chi connectivity index (χ4n) is 1.67. The Morgan fingerprint density at radius 3 is 2.65 bits per heavy atom. The smallest absolute Gasteiger partial charge is 0.239 e. The van der Waals surface area contributed by atoms with Crippen LogP contribution in [-0.4, -0.2) is 45.1 Å². The lowest BCUT2D eigenvalue weighted by Gasteiger charge is -2.18. The Balaban J connectivity index is 2.70. The van der Waals surface area contributed by atoms with Crippen LogP contribution in [0.3, 0.4) is 0 Å². The Labute approximate surface area is 119 Å². The molecular weight excluding hydrogens is 280 g/mol. The van der Waals surface area contributed by atoms with Crippen molar-refractivity contribution in [3.63, 3.8) is 0 Å². The van der Waals surface area contributed by atoms with Gasteiger partial charge in [-0.15, -0.1) is 0 Å². The van der Waals surface area contributed by atoms with Gasteiger partial charge in [0, 0.05) is 18.3 Å². The van der Waals surface area contributed by atoms with Crippen molar-refractivity contribution < 1.29 is 17.9 Å². The van der Waals surface area contributed by atoms with Gasteiger partial charge in [0.2, 0.25) is 15.9 Å². The van der Waals surface area contributed by atoms with E-state index in [0.717, 1.165) is 10.6 Å². The lowest BCUT2D eigenvalue weighted by Crippen LogP contribution is -2.37. The lowest BCUT2D eigenvalue weighted by atomic mass is 10.3. The number of methoxy groups -OCH3 is 1.